The number of nitrogens with zero attached hydrogens (tertiary/aromatic N) is 2. The van der Waals surface area contributed by atoms with Crippen molar-refractivity contribution in [2.75, 3.05) is 20.2 Å². The van der Waals surface area contributed by atoms with Crippen LogP contribution in [0, 0.1) is 0 Å². The van der Waals surface area contributed by atoms with Gasteiger partial charge in [-0.15, -0.1) is 11.3 Å². The molecule has 0 unspecified atom stereocenters. The summed E-state index contributed by atoms with van der Waals surface area (Å²) in [5, 5.41) is 3.18. The van der Waals surface area contributed by atoms with Gasteiger partial charge in [-0.05, 0) is 12.1 Å². The summed E-state index contributed by atoms with van der Waals surface area (Å²) in [5.74, 6) is 0.492. The predicted octanol–water partition coefficient (Wildman–Crippen LogP) is 4.61. The second kappa shape index (κ2) is 8.14. The van der Waals surface area contributed by atoms with Crippen molar-refractivity contribution in [2.45, 2.75) is 0 Å². The molecule has 25 heavy (non-hydrogen) atoms. The zero-order chi connectivity index (χ0) is 17.6. The first-order valence-corrected chi connectivity index (χ1v) is 9.04. The summed E-state index contributed by atoms with van der Waals surface area (Å²) in [6.45, 7) is 0.809. The van der Waals surface area contributed by atoms with Gasteiger partial charge in [0.1, 0.15) is 23.1 Å². The number of aromatic nitrogens is 1. The number of amides is 1. The van der Waals surface area contributed by atoms with E-state index in [-0.39, 0.29) is 5.91 Å². The first kappa shape index (κ1) is 17.5. The monoisotopic (exact) mass is 372 g/mol. The van der Waals surface area contributed by atoms with E-state index >= 15 is 0 Å². The van der Waals surface area contributed by atoms with Gasteiger partial charge in [-0.3, -0.25) is 4.79 Å². The van der Waals surface area contributed by atoms with E-state index in [1.807, 2.05) is 42.5 Å². The van der Waals surface area contributed by atoms with E-state index in [2.05, 4.69) is 4.98 Å². The zero-order valence-corrected chi connectivity index (χ0v) is 15.3. The van der Waals surface area contributed by atoms with E-state index in [9.17, 15) is 4.79 Å². The topological polar surface area (TPSA) is 42.4 Å². The predicted molar refractivity (Wildman–Crippen MR) is 101 cm³/mol. The number of para-hydroxylation sites is 1. The molecule has 0 aliphatic heterocycles. The Kier molecular flexibility index (Phi) is 5.68. The summed E-state index contributed by atoms with van der Waals surface area (Å²) in [6, 6.07) is 17.1. The minimum atomic E-state index is -0.124. The molecule has 2 aromatic carbocycles. The maximum atomic E-state index is 12.5. The zero-order valence-electron chi connectivity index (χ0n) is 13.7. The van der Waals surface area contributed by atoms with Crippen LogP contribution in [-0.2, 0) is 0 Å². The summed E-state index contributed by atoms with van der Waals surface area (Å²) < 4.78 is 5.62. The molecule has 0 radical (unpaired) electrons. The van der Waals surface area contributed by atoms with Gasteiger partial charge in [0.2, 0.25) is 0 Å². The van der Waals surface area contributed by atoms with Crippen molar-refractivity contribution in [3.05, 3.63) is 70.7 Å². The molecule has 0 saturated heterocycles. The van der Waals surface area contributed by atoms with E-state index in [1.54, 1.807) is 29.5 Å². The largest absolute Gasteiger partial charge is 0.490 e. The van der Waals surface area contributed by atoms with Crippen molar-refractivity contribution < 1.29 is 9.53 Å². The Balaban J connectivity index is 1.57. The van der Waals surface area contributed by atoms with Gasteiger partial charge < -0.3 is 9.64 Å². The van der Waals surface area contributed by atoms with E-state index in [0.717, 1.165) is 10.6 Å². The molecule has 1 heterocycles. The molecule has 3 aromatic rings. The van der Waals surface area contributed by atoms with Crippen molar-refractivity contribution in [3.63, 3.8) is 0 Å². The highest BCUT2D eigenvalue weighted by Crippen LogP contribution is 2.24. The number of hydrogen-bond acceptors (Lipinski definition) is 4. The molecule has 0 aliphatic carbocycles. The van der Waals surface area contributed by atoms with Gasteiger partial charge in [0, 0.05) is 18.0 Å². The van der Waals surface area contributed by atoms with Crippen LogP contribution in [0.3, 0.4) is 0 Å². The van der Waals surface area contributed by atoms with Crippen LogP contribution in [0.15, 0.2) is 60.0 Å². The number of thiazole rings is 1. The summed E-state index contributed by atoms with van der Waals surface area (Å²) in [5.41, 5.74) is 1.46. The Morgan fingerprint density at radius 3 is 2.64 bits per heavy atom. The van der Waals surface area contributed by atoms with Crippen LogP contribution in [-0.4, -0.2) is 36.0 Å². The Labute approximate surface area is 155 Å². The van der Waals surface area contributed by atoms with Crippen LogP contribution in [0.1, 0.15) is 10.5 Å². The third-order valence-corrected chi connectivity index (χ3v) is 4.82. The van der Waals surface area contributed by atoms with Crippen molar-refractivity contribution >= 4 is 28.8 Å². The van der Waals surface area contributed by atoms with Crippen LogP contribution < -0.4 is 4.74 Å². The van der Waals surface area contributed by atoms with Gasteiger partial charge in [-0.25, -0.2) is 4.98 Å². The molecule has 0 saturated carbocycles. The first-order valence-electron chi connectivity index (χ1n) is 7.79. The van der Waals surface area contributed by atoms with E-state index < -0.39 is 0 Å². The van der Waals surface area contributed by atoms with E-state index in [4.69, 9.17) is 16.3 Å². The minimum Gasteiger partial charge on any atom is -0.490 e. The standard InChI is InChI=1S/C19H17ClN2O2S/c1-22(11-12-24-17-10-6-5-9-15(17)20)19(23)16-13-25-18(21-16)14-7-3-2-4-8-14/h2-10,13H,11-12H2,1H3. The maximum absolute atomic E-state index is 12.5. The molecule has 3 rings (SSSR count). The number of ether oxygens (including phenoxy) is 1. The molecule has 0 spiro atoms. The fourth-order valence-electron chi connectivity index (χ4n) is 2.24. The molecule has 1 amide bonds. The third-order valence-electron chi connectivity index (χ3n) is 3.61. The fraction of sp³-hybridized carbons (Fsp3) is 0.158. The number of rotatable bonds is 6. The molecule has 0 aliphatic rings. The quantitative estimate of drug-likeness (QED) is 0.634. The second-order valence-corrected chi connectivity index (χ2v) is 6.67. The van der Waals surface area contributed by atoms with Gasteiger partial charge in [0.05, 0.1) is 11.6 Å². The van der Waals surface area contributed by atoms with Crippen molar-refractivity contribution in [1.29, 1.82) is 0 Å². The summed E-state index contributed by atoms with van der Waals surface area (Å²) in [7, 11) is 1.74. The Hall–Kier alpha value is -2.37. The van der Waals surface area contributed by atoms with Gasteiger partial charge in [-0.2, -0.15) is 0 Å². The highest BCUT2D eigenvalue weighted by Gasteiger charge is 2.16. The summed E-state index contributed by atoms with van der Waals surface area (Å²) in [6.07, 6.45) is 0. The number of benzene rings is 2. The van der Waals surface area contributed by atoms with Crippen LogP contribution in [0.4, 0.5) is 0 Å². The number of carbonyl (C=O) groups is 1. The van der Waals surface area contributed by atoms with Gasteiger partial charge in [0.25, 0.3) is 5.91 Å². The number of carbonyl (C=O) groups excluding carboxylic acids is 1. The molecule has 128 valence electrons. The second-order valence-electron chi connectivity index (χ2n) is 5.41. The summed E-state index contributed by atoms with van der Waals surface area (Å²) >= 11 is 7.51. The molecular formula is C19H17ClN2O2S. The van der Waals surface area contributed by atoms with E-state index in [1.165, 1.54) is 11.3 Å². The Bertz CT molecular complexity index is 851. The van der Waals surface area contributed by atoms with Crippen LogP contribution >= 0.6 is 22.9 Å². The molecular weight excluding hydrogens is 356 g/mol. The lowest BCUT2D eigenvalue weighted by molar-refractivity contribution is 0.0769. The van der Waals surface area contributed by atoms with Gasteiger partial charge in [0.15, 0.2) is 0 Å². The fourth-order valence-corrected chi connectivity index (χ4v) is 3.23. The van der Waals surface area contributed by atoms with Crippen molar-refractivity contribution in [1.82, 2.24) is 9.88 Å². The first-order chi connectivity index (χ1) is 12.1. The lowest BCUT2D eigenvalue weighted by atomic mass is 10.2. The molecule has 1 aromatic heterocycles. The maximum Gasteiger partial charge on any atom is 0.273 e. The highest BCUT2D eigenvalue weighted by molar-refractivity contribution is 7.13. The molecule has 0 N–H and O–H groups in total. The third kappa shape index (κ3) is 4.38. The van der Waals surface area contributed by atoms with Crippen LogP contribution in [0.5, 0.6) is 5.75 Å². The lowest BCUT2D eigenvalue weighted by Crippen LogP contribution is -2.31. The number of hydrogen-bond donors (Lipinski definition) is 0. The normalized spacial score (nSPS) is 10.5. The van der Waals surface area contributed by atoms with Crippen molar-refractivity contribution in [3.8, 4) is 16.3 Å². The van der Waals surface area contributed by atoms with Gasteiger partial charge in [-0.1, -0.05) is 54.1 Å². The average molecular weight is 373 g/mol. The lowest BCUT2D eigenvalue weighted by Gasteiger charge is -2.16. The van der Waals surface area contributed by atoms with Crippen LogP contribution in [0.25, 0.3) is 10.6 Å². The molecule has 0 fully saturated rings. The number of likely N-dealkylation sites (N-methyl/N-ethyl adjacent to an activating group) is 1. The molecule has 4 nitrogen and oxygen atoms in total. The smallest absolute Gasteiger partial charge is 0.273 e. The Morgan fingerprint density at radius 2 is 1.88 bits per heavy atom. The SMILES string of the molecule is CN(CCOc1ccccc1Cl)C(=O)c1csc(-c2ccccc2)n1. The van der Waals surface area contributed by atoms with Gasteiger partial charge >= 0.3 is 0 Å². The highest BCUT2D eigenvalue weighted by atomic mass is 35.5. The average Bonchev–Trinajstić information content (AvgIpc) is 3.13. The molecule has 0 atom stereocenters. The minimum absolute atomic E-state index is 0.124. The number of halogens is 1. The van der Waals surface area contributed by atoms with E-state index in [0.29, 0.717) is 29.6 Å². The van der Waals surface area contributed by atoms with Crippen molar-refractivity contribution in [2.24, 2.45) is 0 Å². The molecule has 6 heteroatoms. The summed E-state index contributed by atoms with van der Waals surface area (Å²) in [4.78, 5) is 18.5. The van der Waals surface area contributed by atoms with Crippen LogP contribution in [0.2, 0.25) is 5.02 Å². The Morgan fingerprint density at radius 1 is 1.16 bits per heavy atom. The molecule has 0 bridgehead atoms.